The first-order valence-electron chi connectivity index (χ1n) is 6.49. The van der Waals surface area contributed by atoms with Gasteiger partial charge < -0.3 is 19.7 Å². The van der Waals surface area contributed by atoms with E-state index < -0.39 is 19.4 Å². The minimum absolute atomic E-state index is 0.232. The highest BCUT2D eigenvalue weighted by molar-refractivity contribution is 7.54. The van der Waals surface area contributed by atoms with Crippen LogP contribution in [0.4, 0.5) is 4.79 Å². The van der Waals surface area contributed by atoms with Gasteiger partial charge in [0.1, 0.15) is 0 Å². The number of nitrogens with one attached hydrogen (secondary N) is 2. The molecule has 2 amide bonds. The summed E-state index contributed by atoms with van der Waals surface area (Å²) in [6.45, 7) is 3.92. The van der Waals surface area contributed by atoms with Gasteiger partial charge in [0.2, 0.25) is 0 Å². The van der Waals surface area contributed by atoms with Gasteiger partial charge in [0, 0.05) is 7.05 Å². The molecule has 0 fully saturated rings. The number of urea groups is 1. The Morgan fingerprint density at radius 1 is 1.20 bits per heavy atom. The van der Waals surface area contributed by atoms with Crippen LogP contribution in [-0.2, 0) is 13.6 Å². The monoisotopic (exact) mass is 300 g/mol. The summed E-state index contributed by atoms with van der Waals surface area (Å²) < 4.78 is 23.5. The molecule has 0 saturated carbocycles. The van der Waals surface area contributed by atoms with Gasteiger partial charge >= 0.3 is 13.6 Å². The quantitative estimate of drug-likeness (QED) is 0.759. The lowest BCUT2D eigenvalue weighted by atomic mass is 10.2. The maximum atomic E-state index is 12.9. The Bertz CT molecular complexity index is 457. The molecule has 1 rings (SSSR count). The van der Waals surface area contributed by atoms with E-state index in [1.807, 2.05) is 6.07 Å². The second-order valence-electron chi connectivity index (χ2n) is 3.91. The van der Waals surface area contributed by atoms with Crippen LogP contribution in [0.2, 0.25) is 0 Å². The molecule has 1 atom stereocenters. The normalized spacial score (nSPS) is 12.8. The van der Waals surface area contributed by atoms with Crippen molar-refractivity contribution in [2.75, 3.05) is 20.3 Å². The molecule has 0 aliphatic rings. The maximum absolute atomic E-state index is 12.9. The molecule has 0 radical (unpaired) electrons. The Morgan fingerprint density at radius 3 is 2.20 bits per heavy atom. The van der Waals surface area contributed by atoms with E-state index >= 15 is 0 Å². The summed E-state index contributed by atoms with van der Waals surface area (Å²) >= 11 is 0. The molecule has 0 aliphatic heterocycles. The first-order chi connectivity index (χ1) is 9.57. The standard InChI is InChI=1S/C13H21N2O4P/c1-4-18-20(17,19-5-2)12(15-13(16)14-3)11-9-7-6-8-10-11/h6-10,12H,4-5H2,1-3H3,(H2,14,15,16). The zero-order valence-electron chi connectivity index (χ0n) is 12.0. The van der Waals surface area contributed by atoms with Crippen molar-refractivity contribution in [2.45, 2.75) is 19.6 Å². The zero-order valence-corrected chi connectivity index (χ0v) is 12.9. The first-order valence-corrected chi connectivity index (χ1v) is 8.10. The Labute approximate surface area is 119 Å². The average Bonchev–Trinajstić information content (AvgIpc) is 2.45. The van der Waals surface area contributed by atoms with Crippen molar-refractivity contribution in [3.63, 3.8) is 0 Å². The fourth-order valence-electron chi connectivity index (χ4n) is 1.72. The summed E-state index contributed by atoms with van der Waals surface area (Å²) in [5, 5.41) is 5.07. The highest BCUT2D eigenvalue weighted by atomic mass is 31.2. The number of benzene rings is 1. The molecule has 0 aromatic heterocycles. The van der Waals surface area contributed by atoms with Crippen LogP contribution in [0, 0.1) is 0 Å². The van der Waals surface area contributed by atoms with Gasteiger partial charge in [-0.2, -0.15) is 0 Å². The Morgan fingerprint density at radius 2 is 1.75 bits per heavy atom. The second kappa shape index (κ2) is 8.04. The highest BCUT2D eigenvalue weighted by Gasteiger charge is 2.37. The van der Waals surface area contributed by atoms with Gasteiger partial charge in [-0.05, 0) is 19.4 Å². The van der Waals surface area contributed by atoms with Gasteiger partial charge in [-0.1, -0.05) is 30.3 Å². The lowest BCUT2D eigenvalue weighted by Crippen LogP contribution is -2.36. The summed E-state index contributed by atoms with van der Waals surface area (Å²) in [6.07, 6.45) is 0. The molecule has 112 valence electrons. The van der Waals surface area contributed by atoms with E-state index in [1.165, 1.54) is 7.05 Å². The van der Waals surface area contributed by atoms with E-state index in [0.29, 0.717) is 5.56 Å². The van der Waals surface area contributed by atoms with Crippen LogP contribution >= 0.6 is 7.60 Å². The maximum Gasteiger partial charge on any atom is 0.357 e. The molecule has 7 heteroatoms. The molecule has 1 aromatic rings. The van der Waals surface area contributed by atoms with Crippen molar-refractivity contribution in [3.8, 4) is 0 Å². The average molecular weight is 300 g/mol. The minimum atomic E-state index is -3.49. The van der Waals surface area contributed by atoms with Crippen LogP contribution in [0.5, 0.6) is 0 Å². The van der Waals surface area contributed by atoms with Gasteiger partial charge in [0.05, 0.1) is 13.2 Å². The third-order valence-corrected chi connectivity index (χ3v) is 4.84. The molecule has 0 spiro atoms. The lowest BCUT2D eigenvalue weighted by Gasteiger charge is -2.27. The summed E-state index contributed by atoms with van der Waals surface area (Å²) in [5.74, 6) is -0.844. The summed E-state index contributed by atoms with van der Waals surface area (Å²) in [5.41, 5.74) is 0.668. The van der Waals surface area contributed by atoms with E-state index in [4.69, 9.17) is 9.05 Å². The molecule has 0 saturated heterocycles. The van der Waals surface area contributed by atoms with Crippen LogP contribution in [0.3, 0.4) is 0 Å². The van der Waals surface area contributed by atoms with Crippen molar-refractivity contribution in [2.24, 2.45) is 0 Å². The molecule has 0 heterocycles. The number of hydrogen-bond donors (Lipinski definition) is 2. The van der Waals surface area contributed by atoms with Crippen LogP contribution in [0.25, 0.3) is 0 Å². The number of carbonyl (C=O) groups is 1. The summed E-state index contributed by atoms with van der Waals surface area (Å²) in [4.78, 5) is 11.6. The van der Waals surface area contributed by atoms with E-state index in [1.54, 1.807) is 38.1 Å². The summed E-state index contributed by atoms with van der Waals surface area (Å²) in [6, 6.07) is 8.54. The van der Waals surface area contributed by atoms with E-state index in [0.717, 1.165) is 0 Å². The van der Waals surface area contributed by atoms with Crippen LogP contribution in [0.15, 0.2) is 30.3 Å². The Kier molecular flexibility index (Phi) is 6.71. The molecule has 0 bridgehead atoms. The van der Waals surface area contributed by atoms with Gasteiger partial charge in [0.25, 0.3) is 0 Å². The van der Waals surface area contributed by atoms with Crippen LogP contribution in [0.1, 0.15) is 25.2 Å². The van der Waals surface area contributed by atoms with Crippen molar-refractivity contribution >= 4 is 13.6 Å². The molecule has 1 aromatic carbocycles. The fraction of sp³-hybridized carbons (Fsp3) is 0.462. The second-order valence-corrected chi connectivity index (χ2v) is 6.02. The minimum Gasteiger partial charge on any atom is -0.341 e. The topological polar surface area (TPSA) is 76.7 Å². The Hall–Kier alpha value is -1.36. The van der Waals surface area contributed by atoms with Crippen molar-refractivity contribution < 1.29 is 18.4 Å². The third-order valence-electron chi connectivity index (χ3n) is 2.54. The molecular formula is C13H21N2O4P. The largest absolute Gasteiger partial charge is 0.357 e. The van der Waals surface area contributed by atoms with Crippen molar-refractivity contribution in [3.05, 3.63) is 35.9 Å². The van der Waals surface area contributed by atoms with Crippen LogP contribution in [-0.4, -0.2) is 26.3 Å². The molecule has 2 N–H and O–H groups in total. The first kappa shape index (κ1) is 16.7. The lowest BCUT2D eigenvalue weighted by molar-refractivity contribution is 0.204. The van der Waals surface area contributed by atoms with Gasteiger partial charge in [-0.15, -0.1) is 0 Å². The van der Waals surface area contributed by atoms with Crippen LogP contribution < -0.4 is 10.6 Å². The molecule has 1 unspecified atom stereocenters. The molecule has 6 nitrogen and oxygen atoms in total. The highest BCUT2D eigenvalue weighted by Crippen LogP contribution is 2.59. The van der Waals surface area contributed by atoms with Crippen molar-refractivity contribution in [1.82, 2.24) is 10.6 Å². The molecule has 20 heavy (non-hydrogen) atoms. The number of hydrogen-bond acceptors (Lipinski definition) is 4. The Balaban J connectivity index is 3.14. The van der Waals surface area contributed by atoms with E-state index in [-0.39, 0.29) is 13.2 Å². The fourth-order valence-corrected chi connectivity index (χ4v) is 3.63. The van der Waals surface area contributed by atoms with Gasteiger partial charge in [0.15, 0.2) is 5.78 Å². The molecular weight excluding hydrogens is 279 g/mol. The third kappa shape index (κ3) is 4.34. The van der Waals surface area contributed by atoms with Gasteiger partial charge in [-0.25, -0.2) is 4.79 Å². The zero-order chi connectivity index (χ0) is 15.0. The number of rotatable bonds is 7. The van der Waals surface area contributed by atoms with E-state index in [2.05, 4.69) is 10.6 Å². The van der Waals surface area contributed by atoms with E-state index in [9.17, 15) is 9.36 Å². The number of carbonyl (C=O) groups excluding carboxylic acids is 1. The number of amides is 2. The predicted molar refractivity (Wildman–Crippen MR) is 77.6 cm³/mol. The SMILES string of the molecule is CCOP(=O)(OCC)C(NC(=O)NC)c1ccccc1. The van der Waals surface area contributed by atoms with Gasteiger partial charge in [-0.3, -0.25) is 4.57 Å². The smallest absolute Gasteiger partial charge is 0.341 e. The molecule has 0 aliphatic carbocycles. The predicted octanol–water partition coefficient (Wildman–Crippen LogP) is 2.88. The van der Waals surface area contributed by atoms with Crippen molar-refractivity contribution in [1.29, 1.82) is 0 Å². The summed E-state index contributed by atoms with van der Waals surface area (Å²) in [7, 11) is -2.00.